The van der Waals surface area contributed by atoms with Crippen LogP contribution in [-0.4, -0.2) is 21.2 Å². The number of rotatable bonds is 4. The number of hydrogen-bond acceptors (Lipinski definition) is 7. The quantitative estimate of drug-likeness (QED) is 0.830. The third kappa shape index (κ3) is 3.35. The van der Waals surface area contributed by atoms with Gasteiger partial charge in [0.15, 0.2) is 0 Å². The van der Waals surface area contributed by atoms with E-state index in [1.165, 1.54) is 17.5 Å². The van der Waals surface area contributed by atoms with Crippen LogP contribution in [0.25, 0.3) is 5.57 Å². The van der Waals surface area contributed by atoms with Crippen molar-refractivity contribution in [1.29, 1.82) is 0 Å². The lowest BCUT2D eigenvalue weighted by molar-refractivity contribution is 1.07. The van der Waals surface area contributed by atoms with E-state index in [1.54, 1.807) is 18.6 Å². The second kappa shape index (κ2) is 6.05. The van der Waals surface area contributed by atoms with Gasteiger partial charge in [0.05, 0.1) is 18.1 Å². The molecule has 0 saturated carbocycles. The number of hydrogen-bond donors (Lipinski definition) is 2. The van der Waals surface area contributed by atoms with Crippen LogP contribution in [0.1, 0.15) is 19.0 Å². The van der Waals surface area contributed by atoms with E-state index in [1.807, 2.05) is 12.3 Å². The van der Waals surface area contributed by atoms with E-state index in [9.17, 15) is 0 Å². The molecule has 0 saturated heterocycles. The predicted octanol–water partition coefficient (Wildman–Crippen LogP) is 2.00. The Morgan fingerprint density at radius 3 is 2.79 bits per heavy atom. The smallest absolute Gasteiger partial charge is 0.209 e. The molecular weight excluding hydrogens is 260 g/mol. The van der Waals surface area contributed by atoms with Gasteiger partial charge >= 0.3 is 0 Å². The minimum atomic E-state index is 0.370. The van der Waals surface area contributed by atoms with Gasteiger partial charge in [-0.2, -0.15) is 0 Å². The summed E-state index contributed by atoms with van der Waals surface area (Å²) in [6.07, 6.45) is 7.15. The average Bonchev–Trinajstić information content (AvgIpc) is 2.93. The minimum Gasteiger partial charge on any atom is -0.401 e. The van der Waals surface area contributed by atoms with E-state index in [0.29, 0.717) is 28.8 Å². The fourth-order valence-electron chi connectivity index (χ4n) is 1.38. The summed E-state index contributed by atoms with van der Waals surface area (Å²) < 4.78 is 0. The Labute approximate surface area is 114 Å². The first kappa shape index (κ1) is 13.2. The van der Waals surface area contributed by atoms with Crippen molar-refractivity contribution in [2.24, 2.45) is 10.7 Å². The molecule has 0 bridgehead atoms. The second-order valence-corrected chi connectivity index (χ2v) is 4.56. The lowest BCUT2D eigenvalue weighted by atomic mass is 10.1. The number of nitrogens with two attached hydrogens (primary N) is 2. The van der Waals surface area contributed by atoms with Crippen molar-refractivity contribution in [3.63, 3.8) is 0 Å². The van der Waals surface area contributed by atoms with Crippen LogP contribution in [0, 0.1) is 0 Å². The zero-order valence-corrected chi connectivity index (χ0v) is 11.3. The van der Waals surface area contributed by atoms with Gasteiger partial charge in [-0.3, -0.25) is 4.98 Å². The van der Waals surface area contributed by atoms with Crippen LogP contribution in [-0.2, 0) is 0 Å². The van der Waals surface area contributed by atoms with Gasteiger partial charge in [-0.15, -0.1) is 11.3 Å². The maximum Gasteiger partial charge on any atom is 0.209 e. The third-order valence-electron chi connectivity index (χ3n) is 2.40. The lowest BCUT2D eigenvalue weighted by Crippen LogP contribution is -2.04. The molecule has 0 spiro atoms. The third-order valence-corrected chi connectivity index (χ3v) is 3.08. The van der Waals surface area contributed by atoms with Crippen LogP contribution in [0.2, 0.25) is 0 Å². The monoisotopic (exact) mass is 274 g/mol. The molecule has 0 aliphatic rings. The Kier molecular flexibility index (Phi) is 4.19. The number of thiazole rings is 1. The Morgan fingerprint density at radius 2 is 2.21 bits per heavy atom. The summed E-state index contributed by atoms with van der Waals surface area (Å²) in [6.45, 7) is 1.97. The van der Waals surface area contributed by atoms with E-state index in [2.05, 4.69) is 19.9 Å². The van der Waals surface area contributed by atoms with Crippen LogP contribution in [0.4, 0.5) is 10.9 Å². The molecule has 7 heteroatoms. The summed E-state index contributed by atoms with van der Waals surface area (Å²) in [5.74, 6) is 0.370. The molecule has 0 radical (unpaired) electrons. The molecule has 0 fully saturated rings. The molecule has 0 atom stereocenters. The summed E-state index contributed by atoms with van der Waals surface area (Å²) >= 11 is 1.45. The van der Waals surface area contributed by atoms with Gasteiger partial charge in [-0.1, -0.05) is 6.92 Å². The molecule has 0 aromatic carbocycles. The van der Waals surface area contributed by atoms with Gasteiger partial charge in [0.25, 0.3) is 0 Å². The highest BCUT2D eigenvalue weighted by Crippen LogP contribution is 2.18. The molecular formula is C12H14N6S. The summed E-state index contributed by atoms with van der Waals surface area (Å²) in [7, 11) is 0. The van der Waals surface area contributed by atoms with Gasteiger partial charge in [0.1, 0.15) is 5.82 Å². The van der Waals surface area contributed by atoms with Crippen LogP contribution in [0.15, 0.2) is 34.7 Å². The Morgan fingerprint density at radius 1 is 1.37 bits per heavy atom. The van der Waals surface area contributed by atoms with Crippen LogP contribution < -0.4 is 11.5 Å². The van der Waals surface area contributed by atoms with Crippen molar-refractivity contribution >= 4 is 34.1 Å². The predicted molar refractivity (Wildman–Crippen MR) is 78.1 cm³/mol. The van der Waals surface area contributed by atoms with Gasteiger partial charge in [-0.05, 0) is 6.42 Å². The minimum absolute atomic E-state index is 0.370. The van der Waals surface area contributed by atoms with Gasteiger partial charge < -0.3 is 11.5 Å². The zero-order chi connectivity index (χ0) is 13.7. The first-order chi connectivity index (χ1) is 9.20. The topological polar surface area (TPSA) is 103 Å². The highest BCUT2D eigenvalue weighted by atomic mass is 32.1. The number of nitrogen functional groups attached to an aromatic ring is 1. The summed E-state index contributed by atoms with van der Waals surface area (Å²) in [4.78, 5) is 16.6. The standard InChI is InChI=1S/C12H14N6S/c1-2-9(13)8(5-18-12-15-3-4-19-12)10-6-17-11(14)7-16-10/h3-7H,2,13H2,1H3,(H2,14,17). The zero-order valence-electron chi connectivity index (χ0n) is 10.4. The van der Waals surface area contributed by atoms with Crippen molar-refractivity contribution in [2.75, 3.05) is 5.73 Å². The number of anilines is 1. The van der Waals surface area contributed by atoms with E-state index in [4.69, 9.17) is 11.5 Å². The second-order valence-electron chi connectivity index (χ2n) is 3.69. The molecule has 2 aromatic heterocycles. The number of aromatic nitrogens is 3. The van der Waals surface area contributed by atoms with Crippen LogP contribution >= 0.6 is 11.3 Å². The largest absolute Gasteiger partial charge is 0.401 e. The highest BCUT2D eigenvalue weighted by molar-refractivity contribution is 7.13. The molecule has 0 aliphatic heterocycles. The summed E-state index contributed by atoms with van der Waals surface area (Å²) in [5.41, 5.74) is 13.6. The van der Waals surface area contributed by atoms with Crippen LogP contribution in [0.5, 0.6) is 0 Å². The molecule has 0 unspecified atom stereocenters. The van der Waals surface area contributed by atoms with Gasteiger partial charge in [0.2, 0.25) is 5.13 Å². The number of allylic oxidation sites excluding steroid dienone is 2. The molecule has 2 heterocycles. The fraction of sp³-hybridized carbons (Fsp3) is 0.167. The first-order valence-corrected chi connectivity index (χ1v) is 6.58. The fourth-order valence-corrected chi connectivity index (χ4v) is 1.86. The molecule has 0 aliphatic carbocycles. The SMILES string of the molecule is CCC(N)=C(C=Nc1nccs1)c1cnc(N)cn1. The van der Waals surface area contributed by atoms with Crippen molar-refractivity contribution < 1.29 is 0 Å². The summed E-state index contributed by atoms with van der Waals surface area (Å²) in [6, 6.07) is 0. The highest BCUT2D eigenvalue weighted by Gasteiger charge is 2.06. The van der Waals surface area contributed by atoms with Crippen LogP contribution in [0.3, 0.4) is 0 Å². The molecule has 19 heavy (non-hydrogen) atoms. The maximum absolute atomic E-state index is 6.00. The number of aliphatic imine (C=N–C) groups is 1. The van der Waals surface area contributed by atoms with Gasteiger partial charge in [0, 0.05) is 29.1 Å². The van der Waals surface area contributed by atoms with E-state index >= 15 is 0 Å². The van der Waals surface area contributed by atoms with Gasteiger partial charge in [-0.25, -0.2) is 15.0 Å². The van der Waals surface area contributed by atoms with E-state index in [0.717, 1.165) is 5.57 Å². The molecule has 4 N–H and O–H groups in total. The van der Waals surface area contributed by atoms with Crippen molar-refractivity contribution in [1.82, 2.24) is 15.0 Å². The Balaban J connectivity index is 2.35. The maximum atomic E-state index is 6.00. The summed E-state index contributed by atoms with van der Waals surface area (Å²) in [5, 5.41) is 2.53. The average molecular weight is 274 g/mol. The van der Waals surface area contributed by atoms with E-state index in [-0.39, 0.29) is 0 Å². The van der Waals surface area contributed by atoms with E-state index < -0.39 is 0 Å². The van der Waals surface area contributed by atoms with Crippen molar-refractivity contribution in [3.8, 4) is 0 Å². The molecule has 2 aromatic rings. The Hall–Kier alpha value is -2.28. The first-order valence-electron chi connectivity index (χ1n) is 5.70. The number of nitrogens with zero attached hydrogens (tertiary/aromatic N) is 4. The molecule has 2 rings (SSSR count). The normalized spacial score (nSPS) is 12.7. The van der Waals surface area contributed by atoms with Crippen molar-refractivity contribution in [2.45, 2.75) is 13.3 Å². The van der Waals surface area contributed by atoms with Crippen molar-refractivity contribution in [3.05, 3.63) is 35.4 Å². The Bertz CT molecular complexity index is 585. The molecule has 6 nitrogen and oxygen atoms in total. The molecule has 0 amide bonds. The molecule has 98 valence electrons. The lowest BCUT2D eigenvalue weighted by Gasteiger charge is -2.05.